The summed E-state index contributed by atoms with van der Waals surface area (Å²) in [5, 5.41) is 9.77. The fraction of sp³-hybridized carbons (Fsp3) is 0.481. The molecular formula is C27H39N5O4S. The van der Waals surface area contributed by atoms with E-state index in [2.05, 4.69) is 23.6 Å². The van der Waals surface area contributed by atoms with E-state index in [1.54, 1.807) is 17.0 Å². The summed E-state index contributed by atoms with van der Waals surface area (Å²) >= 11 is 0. The minimum absolute atomic E-state index is 0.0571. The molecule has 1 aliphatic heterocycles. The van der Waals surface area contributed by atoms with Gasteiger partial charge < -0.3 is 21.5 Å². The van der Waals surface area contributed by atoms with Gasteiger partial charge in [-0.2, -0.15) is 4.72 Å². The molecule has 1 saturated heterocycles. The number of hydrogen-bond acceptors (Lipinski definition) is 5. The molecule has 202 valence electrons. The molecule has 10 heteroatoms. The molecule has 3 rings (SSSR count). The maximum absolute atomic E-state index is 13.4. The molecule has 9 nitrogen and oxygen atoms in total. The second-order valence-corrected chi connectivity index (χ2v) is 11.7. The van der Waals surface area contributed by atoms with Gasteiger partial charge in [-0.1, -0.05) is 56.3 Å². The van der Waals surface area contributed by atoms with Gasteiger partial charge in [0.15, 0.2) is 5.96 Å². The van der Waals surface area contributed by atoms with Crippen molar-refractivity contribution in [3.63, 3.8) is 0 Å². The van der Waals surface area contributed by atoms with Gasteiger partial charge in [0.2, 0.25) is 15.9 Å². The lowest BCUT2D eigenvalue weighted by Crippen LogP contribution is -2.54. The highest BCUT2D eigenvalue weighted by atomic mass is 32.2. The number of carbonyl (C=O) groups excluding carboxylic acids is 1. The average molecular weight is 530 g/mol. The van der Waals surface area contributed by atoms with Crippen molar-refractivity contribution in [2.45, 2.75) is 68.3 Å². The topological polar surface area (TPSA) is 151 Å². The maximum Gasteiger partial charge on any atom is 0.241 e. The highest BCUT2D eigenvalue weighted by Crippen LogP contribution is 2.32. The second-order valence-electron chi connectivity index (χ2n) is 10.0. The normalized spacial score (nSPS) is 17.3. The largest absolute Gasteiger partial charge is 0.394 e. The summed E-state index contributed by atoms with van der Waals surface area (Å²) in [7, 11) is -3.99. The fourth-order valence-electron chi connectivity index (χ4n) is 4.74. The third-order valence-corrected chi connectivity index (χ3v) is 8.53. The summed E-state index contributed by atoms with van der Waals surface area (Å²) in [4.78, 5) is 19.1. The van der Waals surface area contributed by atoms with E-state index in [0.717, 1.165) is 24.0 Å². The van der Waals surface area contributed by atoms with E-state index in [0.29, 0.717) is 19.4 Å². The predicted octanol–water partition coefficient (Wildman–Crippen LogP) is 2.09. The summed E-state index contributed by atoms with van der Waals surface area (Å²) in [5.41, 5.74) is 12.6. The monoisotopic (exact) mass is 529 g/mol. The summed E-state index contributed by atoms with van der Waals surface area (Å²) in [6.45, 7) is 4.79. The number of benzene rings is 2. The number of likely N-dealkylation sites (tertiary alicyclic amines) is 1. The van der Waals surface area contributed by atoms with Gasteiger partial charge in [0.05, 0.1) is 17.5 Å². The van der Waals surface area contributed by atoms with Crippen molar-refractivity contribution in [2.75, 3.05) is 19.7 Å². The van der Waals surface area contributed by atoms with Gasteiger partial charge in [-0.3, -0.25) is 9.79 Å². The summed E-state index contributed by atoms with van der Waals surface area (Å²) in [5.74, 6) is -0.396. The number of rotatable bonds is 11. The van der Waals surface area contributed by atoms with Crippen molar-refractivity contribution in [3.8, 4) is 0 Å². The van der Waals surface area contributed by atoms with Crippen LogP contribution in [0.4, 0.5) is 0 Å². The number of carbonyl (C=O) groups is 1. The lowest BCUT2D eigenvalue weighted by molar-refractivity contribution is -0.138. The number of nitrogens with zero attached hydrogens (tertiary/aromatic N) is 2. The van der Waals surface area contributed by atoms with Gasteiger partial charge in [-0.15, -0.1) is 0 Å². The number of aliphatic imine (C=N–C) groups is 1. The molecule has 37 heavy (non-hydrogen) atoms. The van der Waals surface area contributed by atoms with Crippen LogP contribution in [-0.2, 0) is 20.2 Å². The minimum atomic E-state index is -3.99. The van der Waals surface area contributed by atoms with E-state index in [-0.39, 0.29) is 47.8 Å². The smallest absolute Gasteiger partial charge is 0.241 e. The third-order valence-electron chi connectivity index (χ3n) is 7.04. The van der Waals surface area contributed by atoms with Crippen molar-refractivity contribution in [3.05, 3.63) is 65.7 Å². The van der Waals surface area contributed by atoms with Crippen LogP contribution in [-0.4, -0.2) is 62.1 Å². The van der Waals surface area contributed by atoms with Crippen LogP contribution in [0.5, 0.6) is 0 Å². The summed E-state index contributed by atoms with van der Waals surface area (Å²) in [6, 6.07) is 15.5. The van der Waals surface area contributed by atoms with Crippen LogP contribution in [0.25, 0.3) is 0 Å². The Morgan fingerprint density at radius 3 is 2.38 bits per heavy atom. The molecule has 0 aromatic heterocycles. The van der Waals surface area contributed by atoms with Crippen molar-refractivity contribution < 1.29 is 18.3 Å². The third kappa shape index (κ3) is 7.30. The van der Waals surface area contributed by atoms with Gasteiger partial charge in [0.1, 0.15) is 6.04 Å². The number of piperidine rings is 1. The molecule has 0 radical (unpaired) electrons. The van der Waals surface area contributed by atoms with Gasteiger partial charge >= 0.3 is 0 Å². The molecule has 2 aromatic rings. The second kappa shape index (κ2) is 12.5. The zero-order chi connectivity index (χ0) is 27.1. The first kappa shape index (κ1) is 28.6. The number of nitrogens with two attached hydrogens (primary N) is 2. The molecule has 0 spiro atoms. The Morgan fingerprint density at radius 2 is 1.76 bits per heavy atom. The van der Waals surface area contributed by atoms with Crippen LogP contribution < -0.4 is 16.2 Å². The fourth-order valence-corrected chi connectivity index (χ4v) is 5.97. The standard InChI is InChI=1S/C27H39N5O4S/c1-27(2,20-9-4-3-5-10-20)21-13-15-23(16-14-21)37(35,36)31-24(12-8-17-30-26(28)29)25(34)32-18-7-6-11-22(32)19-33/h3-5,9-10,13-16,22,24,31,33H,6-8,11-12,17-19H2,1-2H3,(H4,28,29,30)/t22-,24-/m0/s1. The van der Waals surface area contributed by atoms with E-state index < -0.39 is 16.1 Å². The Morgan fingerprint density at radius 1 is 1.11 bits per heavy atom. The first-order chi connectivity index (χ1) is 17.6. The van der Waals surface area contributed by atoms with Crippen molar-refractivity contribution in [1.29, 1.82) is 0 Å². The van der Waals surface area contributed by atoms with Crippen LogP contribution in [0, 0.1) is 0 Å². The van der Waals surface area contributed by atoms with Crippen LogP contribution in [0.3, 0.4) is 0 Å². The first-order valence-corrected chi connectivity index (χ1v) is 14.2. The van der Waals surface area contributed by atoms with Crippen molar-refractivity contribution >= 4 is 21.9 Å². The molecule has 1 fully saturated rings. The molecule has 0 saturated carbocycles. The highest BCUT2D eigenvalue weighted by Gasteiger charge is 2.34. The van der Waals surface area contributed by atoms with E-state index in [4.69, 9.17) is 11.5 Å². The zero-order valence-corrected chi connectivity index (χ0v) is 22.5. The Balaban J connectivity index is 1.81. The Bertz CT molecular complexity index is 1160. The SMILES string of the molecule is CC(C)(c1ccccc1)c1ccc(S(=O)(=O)N[C@@H](CCCN=C(N)N)C(=O)N2CCCC[C@H]2CO)cc1. The molecule has 0 bridgehead atoms. The number of aliphatic hydroxyl groups excluding tert-OH is 1. The molecule has 2 atom stereocenters. The Kier molecular flexibility index (Phi) is 9.69. The van der Waals surface area contributed by atoms with Crippen molar-refractivity contribution in [1.82, 2.24) is 9.62 Å². The predicted molar refractivity (Wildman–Crippen MR) is 145 cm³/mol. The average Bonchev–Trinajstić information content (AvgIpc) is 2.90. The van der Waals surface area contributed by atoms with Crippen LogP contribution in [0.1, 0.15) is 57.1 Å². The van der Waals surface area contributed by atoms with E-state index >= 15 is 0 Å². The molecule has 1 amide bonds. The van der Waals surface area contributed by atoms with Gasteiger partial charge in [0.25, 0.3) is 0 Å². The molecule has 1 aliphatic rings. The minimum Gasteiger partial charge on any atom is -0.394 e. The maximum atomic E-state index is 13.4. The molecule has 1 heterocycles. The number of hydrogen-bond donors (Lipinski definition) is 4. The van der Waals surface area contributed by atoms with Crippen LogP contribution >= 0.6 is 0 Å². The van der Waals surface area contributed by atoms with Crippen molar-refractivity contribution in [2.24, 2.45) is 16.5 Å². The van der Waals surface area contributed by atoms with E-state index in [1.807, 2.05) is 42.5 Å². The van der Waals surface area contributed by atoms with E-state index in [9.17, 15) is 18.3 Å². The lowest BCUT2D eigenvalue weighted by Gasteiger charge is -2.37. The highest BCUT2D eigenvalue weighted by molar-refractivity contribution is 7.89. The van der Waals surface area contributed by atoms with Crippen LogP contribution in [0.15, 0.2) is 64.5 Å². The summed E-state index contributed by atoms with van der Waals surface area (Å²) in [6.07, 6.45) is 3.06. The lowest BCUT2D eigenvalue weighted by atomic mass is 9.78. The molecular weight excluding hydrogens is 490 g/mol. The number of nitrogens with one attached hydrogen (secondary N) is 1. The number of guanidine groups is 1. The molecule has 2 aromatic carbocycles. The molecule has 0 unspecified atom stereocenters. The summed E-state index contributed by atoms with van der Waals surface area (Å²) < 4.78 is 29.3. The first-order valence-electron chi connectivity index (χ1n) is 12.7. The molecule has 6 N–H and O–H groups in total. The van der Waals surface area contributed by atoms with Crippen LogP contribution in [0.2, 0.25) is 0 Å². The number of amides is 1. The quantitative estimate of drug-likeness (QED) is 0.199. The van der Waals surface area contributed by atoms with Gasteiger partial charge in [0, 0.05) is 18.5 Å². The Hall–Kier alpha value is -2.95. The van der Waals surface area contributed by atoms with Gasteiger partial charge in [-0.25, -0.2) is 8.42 Å². The van der Waals surface area contributed by atoms with Gasteiger partial charge in [-0.05, 0) is 55.4 Å². The zero-order valence-electron chi connectivity index (χ0n) is 21.6. The number of aliphatic hydroxyl groups is 1. The van der Waals surface area contributed by atoms with E-state index in [1.165, 1.54) is 0 Å². The number of sulfonamides is 1. The molecule has 0 aliphatic carbocycles. The Labute approximate surface area is 220 Å².